The van der Waals surface area contributed by atoms with Crippen LogP contribution in [0.4, 0.5) is 39.5 Å². The lowest BCUT2D eigenvalue weighted by Gasteiger charge is -2.37. The lowest BCUT2D eigenvalue weighted by Crippen LogP contribution is -2.57. The molecule has 1 aromatic rings. The monoisotopic (exact) mass is 438 g/mol. The third kappa shape index (κ3) is 3.07. The van der Waals surface area contributed by atoms with Crippen LogP contribution in [0.25, 0.3) is 0 Å². The van der Waals surface area contributed by atoms with Gasteiger partial charge in [0.15, 0.2) is 0 Å². The van der Waals surface area contributed by atoms with Crippen LogP contribution < -0.4 is 4.74 Å². The molecule has 1 aromatic carbocycles. The van der Waals surface area contributed by atoms with Crippen LogP contribution in [0.3, 0.4) is 0 Å². The van der Waals surface area contributed by atoms with Crippen LogP contribution in [-0.2, 0) is 5.60 Å². The lowest BCUT2D eigenvalue weighted by molar-refractivity contribution is -0.303. The molecular formula is C18H19F9O2. The second-order valence-electron chi connectivity index (χ2n) is 7.75. The lowest BCUT2D eigenvalue weighted by atomic mass is 9.80. The van der Waals surface area contributed by atoms with Gasteiger partial charge in [0, 0.05) is 12.0 Å². The summed E-state index contributed by atoms with van der Waals surface area (Å²) in [6.07, 6.45) is -2.44. The molecule has 1 aliphatic carbocycles. The van der Waals surface area contributed by atoms with Crippen LogP contribution >= 0.6 is 0 Å². The first-order chi connectivity index (χ1) is 12.9. The number of para-hydroxylation sites is 1. The van der Waals surface area contributed by atoms with Gasteiger partial charge in [0.25, 0.3) is 5.67 Å². The van der Waals surface area contributed by atoms with E-state index in [-0.39, 0.29) is 18.3 Å². The molecule has 0 radical (unpaired) electrons. The van der Waals surface area contributed by atoms with Gasteiger partial charge in [-0.05, 0) is 18.9 Å². The fraction of sp³-hybridized carbons (Fsp3) is 0.667. The van der Waals surface area contributed by atoms with Crippen molar-refractivity contribution in [2.45, 2.75) is 62.2 Å². The van der Waals surface area contributed by atoms with Gasteiger partial charge in [-0.2, -0.15) is 35.1 Å². The van der Waals surface area contributed by atoms with E-state index in [2.05, 4.69) is 0 Å². The van der Waals surface area contributed by atoms with Crippen LogP contribution in [0.5, 0.6) is 5.75 Å². The maximum Gasteiger partial charge on any atom is 0.381 e. The predicted molar refractivity (Wildman–Crippen MR) is 84.6 cm³/mol. The van der Waals surface area contributed by atoms with E-state index in [4.69, 9.17) is 4.74 Å². The molecule has 1 saturated carbocycles. The summed E-state index contributed by atoms with van der Waals surface area (Å²) in [4.78, 5) is 0. The van der Waals surface area contributed by atoms with Gasteiger partial charge in [0.2, 0.25) is 0 Å². The van der Waals surface area contributed by atoms with Crippen LogP contribution in [-0.4, -0.2) is 41.1 Å². The fourth-order valence-corrected chi connectivity index (χ4v) is 3.17. The van der Waals surface area contributed by atoms with Crippen molar-refractivity contribution in [1.82, 2.24) is 0 Å². The number of alkyl halides is 9. The largest absolute Gasteiger partial charge is 0.493 e. The molecule has 1 aliphatic rings. The summed E-state index contributed by atoms with van der Waals surface area (Å²) < 4.78 is 130. The highest BCUT2D eigenvalue weighted by molar-refractivity contribution is 5.39. The summed E-state index contributed by atoms with van der Waals surface area (Å²) in [5.41, 5.74) is -9.23. The van der Waals surface area contributed by atoms with Crippen LogP contribution in [0.15, 0.2) is 24.3 Å². The standard InChI is InChI=1S/C18H19F9O2/c1-10(2)8-29-12-7-5-4-6-11(12)13(3,28)9-14(19)15(20,21)17(24,25)18(26,27)16(14,22)23/h4-7,10,28H,8-9H2,1-3H3. The molecule has 0 amide bonds. The molecule has 0 saturated heterocycles. The molecule has 11 heteroatoms. The molecule has 0 spiro atoms. The van der Waals surface area contributed by atoms with E-state index in [1.54, 1.807) is 13.8 Å². The predicted octanol–water partition coefficient (Wildman–Crippen LogP) is 5.58. The molecule has 0 aliphatic heterocycles. The van der Waals surface area contributed by atoms with Crippen molar-refractivity contribution in [3.8, 4) is 5.75 Å². The molecule has 1 unspecified atom stereocenters. The summed E-state index contributed by atoms with van der Waals surface area (Å²) in [6, 6.07) is 4.78. The number of aliphatic hydroxyl groups is 1. The Kier molecular flexibility index (Phi) is 5.44. The molecule has 0 bridgehead atoms. The first-order valence-electron chi connectivity index (χ1n) is 8.51. The Hall–Kier alpha value is -1.65. The van der Waals surface area contributed by atoms with Crippen molar-refractivity contribution < 1.29 is 49.4 Å². The highest BCUT2D eigenvalue weighted by atomic mass is 19.4. The summed E-state index contributed by atoms with van der Waals surface area (Å²) in [5, 5.41) is 10.5. The van der Waals surface area contributed by atoms with Crippen molar-refractivity contribution >= 4 is 0 Å². The highest BCUT2D eigenvalue weighted by Gasteiger charge is 3.00. The van der Waals surface area contributed by atoms with Crippen molar-refractivity contribution in [2.24, 2.45) is 5.92 Å². The number of hydrogen-bond acceptors (Lipinski definition) is 2. The molecular weight excluding hydrogens is 419 g/mol. The fourth-order valence-electron chi connectivity index (χ4n) is 3.17. The molecule has 166 valence electrons. The maximum absolute atomic E-state index is 14.8. The smallest absolute Gasteiger partial charge is 0.381 e. The first kappa shape index (κ1) is 23.6. The minimum atomic E-state index is -6.68. The van der Waals surface area contributed by atoms with Gasteiger partial charge in [-0.1, -0.05) is 32.0 Å². The Balaban J connectivity index is 2.55. The Morgan fingerprint density at radius 1 is 0.862 bits per heavy atom. The van der Waals surface area contributed by atoms with E-state index in [9.17, 15) is 44.6 Å². The Bertz CT molecular complexity index is 733. The van der Waals surface area contributed by atoms with Crippen LogP contribution in [0.1, 0.15) is 32.8 Å². The van der Waals surface area contributed by atoms with Crippen LogP contribution in [0.2, 0.25) is 0 Å². The van der Waals surface area contributed by atoms with Gasteiger partial charge in [-0.3, -0.25) is 0 Å². The van der Waals surface area contributed by atoms with Gasteiger partial charge in [-0.25, -0.2) is 4.39 Å². The SMILES string of the molecule is CC(C)COc1ccccc1C(C)(O)CC1(F)C(F)(F)C(F)(F)C(F)(F)C1(F)F. The number of ether oxygens (including phenoxy) is 1. The molecule has 0 aromatic heterocycles. The van der Waals surface area contributed by atoms with Gasteiger partial charge < -0.3 is 9.84 Å². The third-order valence-corrected chi connectivity index (χ3v) is 4.81. The van der Waals surface area contributed by atoms with E-state index in [1.807, 2.05) is 0 Å². The molecule has 1 N–H and O–H groups in total. The molecule has 29 heavy (non-hydrogen) atoms. The van der Waals surface area contributed by atoms with E-state index in [0.29, 0.717) is 6.92 Å². The van der Waals surface area contributed by atoms with Crippen molar-refractivity contribution in [2.75, 3.05) is 6.61 Å². The molecule has 0 heterocycles. The van der Waals surface area contributed by atoms with E-state index < -0.39 is 46.9 Å². The number of halogens is 9. The normalized spacial score (nSPS) is 25.6. The van der Waals surface area contributed by atoms with Crippen LogP contribution in [0, 0.1) is 5.92 Å². The van der Waals surface area contributed by atoms with E-state index in [0.717, 1.165) is 6.07 Å². The Morgan fingerprint density at radius 3 is 1.76 bits per heavy atom. The topological polar surface area (TPSA) is 29.5 Å². The van der Waals surface area contributed by atoms with E-state index in [1.165, 1.54) is 18.2 Å². The second kappa shape index (κ2) is 6.68. The quantitative estimate of drug-likeness (QED) is 0.588. The summed E-state index contributed by atoms with van der Waals surface area (Å²) in [5.74, 6) is -26.6. The van der Waals surface area contributed by atoms with Crippen molar-refractivity contribution in [3.05, 3.63) is 29.8 Å². The van der Waals surface area contributed by atoms with Gasteiger partial charge in [0.05, 0.1) is 12.2 Å². The molecule has 1 atom stereocenters. The Labute approximate surface area is 160 Å². The summed E-state index contributed by atoms with van der Waals surface area (Å²) in [7, 11) is 0. The minimum Gasteiger partial charge on any atom is -0.493 e. The summed E-state index contributed by atoms with van der Waals surface area (Å²) in [6.45, 7) is 4.05. The number of benzene rings is 1. The van der Waals surface area contributed by atoms with Gasteiger partial charge in [0.1, 0.15) is 5.75 Å². The molecule has 2 rings (SSSR count). The summed E-state index contributed by atoms with van der Waals surface area (Å²) >= 11 is 0. The maximum atomic E-state index is 14.8. The zero-order chi connectivity index (χ0) is 22.7. The second-order valence-corrected chi connectivity index (χ2v) is 7.75. The van der Waals surface area contributed by atoms with Gasteiger partial charge in [-0.15, -0.1) is 0 Å². The zero-order valence-corrected chi connectivity index (χ0v) is 15.6. The van der Waals surface area contributed by atoms with Crippen molar-refractivity contribution in [3.63, 3.8) is 0 Å². The average Bonchev–Trinajstić information content (AvgIpc) is 2.62. The third-order valence-electron chi connectivity index (χ3n) is 4.81. The van der Waals surface area contributed by atoms with E-state index >= 15 is 0 Å². The number of hydrogen-bond donors (Lipinski definition) is 1. The molecule has 1 fully saturated rings. The Morgan fingerprint density at radius 2 is 1.31 bits per heavy atom. The van der Waals surface area contributed by atoms with Gasteiger partial charge >= 0.3 is 23.7 Å². The number of rotatable bonds is 6. The highest BCUT2D eigenvalue weighted by Crippen LogP contribution is 2.71. The van der Waals surface area contributed by atoms with Crippen molar-refractivity contribution in [1.29, 1.82) is 0 Å². The average molecular weight is 438 g/mol. The zero-order valence-electron chi connectivity index (χ0n) is 15.6. The minimum absolute atomic E-state index is 0.0241. The first-order valence-corrected chi connectivity index (χ1v) is 8.51. The molecule has 2 nitrogen and oxygen atoms in total.